The number of carbonyl (C=O) groups is 1. The molecule has 10 heteroatoms. The second-order valence-corrected chi connectivity index (χ2v) is 5.38. The zero-order valence-electron chi connectivity index (χ0n) is 13.6. The average molecular weight is 389 g/mol. The van der Waals surface area contributed by atoms with Crippen LogP contribution in [0, 0.1) is 0 Å². The Morgan fingerprint density at radius 2 is 2.08 bits per heavy atom. The van der Waals surface area contributed by atoms with Crippen LogP contribution in [-0.2, 0) is 17.5 Å². The highest BCUT2D eigenvalue weighted by Crippen LogP contribution is 2.32. The Morgan fingerprint density at radius 3 is 2.69 bits per heavy atom. The molecule has 0 aliphatic heterocycles. The monoisotopic (exact) mass is 388 g/mol. The molecule has 2 N–H and O–H groups in total. The van der Waals surface area contributed by atoms with Gasteiger partial charge in [-0.2, -0.15) is 13.2 Å². The molecule has 0 aliphatic carbocycles. The van der Waals surface area contributed by atoms with Crippen LogP contribution in [0.3, 0.4) is 0 Å². The smallest absolute Gasteiger partial charge is 0.416 e. The predicted octanol–water partition coefficient (Wildman–Crippen LogP) is 3.28. The number of imidazole rings is 1. The summed E-state index contributed by atoms with van der Waals surface area (Å²) in [6, 6.07) is 6.72. The number of halogens is 4. The van der Waals surface area contributed by atoms with Gasteiger partial charge in [0.2, 0.25) is 11.9 Å². The zero-order chi connectivity index (χ0) is 18.0. The fraction of sp³-hybridized carbons (Fsp3) is 0.250. The van der Waals surface area contributed by atoms with E-state index in [4.69, 9.17) is 4.42 Å². The summed E-state index contributed by atoms with van der Waals surface area (Å²) in [4.78, 5) is 16.0. The number of amides is 1. The van der Waals surface area contributed by atoms with Crippen molar-refractivity contribution in [2.75, 3.05) is 18.9 Å². The minimum absolute atomic E-state index is 0. The van der Waals surface area contributed by atoms with Crippen LogP contribution in [0.5, 0.6) is 0 Å². The number of hydrogen-bond donors (Lipinski definition) is 2. The molecule has 6 nitrogen and oxygen atoms in total. The van der Waals surface area contributed by atoms with Crippen molar-refractivity contribution in [3.05, 3.63) is 47.9 Å². The van der Waals surface area contributed by atoms with E-state index < -0.39 is 11.7 Å². The van der Waals surface area contributed by atoms with Gasteiger partial charge in [-0.05, 0) is 37.4 Å². The number of nitrogens with zero attached hydrogens (tertiary/aromatic N) is 2. The second-order valence-electron chi connectivity index (χ2n) is 5.38. The van der Waals surface area contributed by atoms with Crippen LogP contribution in [0.4, 0.5) is 19.1 Å². The van der Waals surface area contributed by atoms with Gasteiger partial charge in [0.05, 0.1) is 35.9 Å². The van der Waals surface area contributed by atoms with E-state index in [0.29, 0.717) is 11.3 Å². The average Bonchev–Trinajstić information content (AvgIpc) is 3.15. The first-order valence-corrected chi connectivity index (χ1v) is 7.43. The summed E-state index contributed by atoms with van der Waals surface area (Å²) in [5.74, 6) is 0.392. The number of fused-ring (bicyclic) bond motifs is 1. The maximum Gasteiger partial charge on any atom is 0.416 e. The van der Waals surface area contributed by atoms with Crippen molar-refractivity contribution in [3.63, 3.8) is 0 Å². The molecule has 1 amide bonds. The van der Waals surface area contributed by atoms with Crippen molar-refractivity contribution in [1.82, 2.24) is 14.9 Å². The lowest BCUT2D eigenvalue weighted by Gasteiger charge is -2.09. The van der Waals surface area contributed by atoms with Gasteiger partial charge in [0.15, 0.2) is 0 Å². The summed E-state index contributed by atoms with van der Waals surface area (Å²) in [6.07, 6.45) is -2.97. The molecule has 0 fully saturated rings. The molecule has 0 radical (unpaired) electrons. The Kier molecular flexibility index (Phi) is 5.94. The fourth-order valence-corrected chi connectivity index (χ4v) is 2.45. The molecule has 1 aromatic carbocycles. The van der Waals surface area contributed by atoms with E-state index in [1.54, 1.807) is 23.7 Å². The van der Waals surface area contributed by atoms with Gasteiger partial charge >= 0.3 is 6.18 Å². The number of carbonyl (C=O) groups excluding carboxylic acids is 1. The minimum Gasteiger partial charge on any atom is -0.467 e. The molecule has 3 rings (SSSR count). The maximum absolute atomic E-state index is 12.9. The first-order chi connectivity index (χ1) is 11.9. The Labute approximate surface area is 152 Å². The molecule has 0 saturated heterocycles. The summed E-state index contributed by atoms with van der Waals surface area (Å²) >= 11 is 0. The lowest BCUT2D eigenvalue weighted by molar-refractivity contribution is -0.137. The van der Waals surface area contributed by atoms with Gasteiger partial charge in [-0.1, -0.05) is 0 Å². The Bertz CT molecular complexity index is 891. The van der Waals surface area contributed by atoms with Crippen LogP contribution in [-0.4, -0.2) is 29.1 Å². The number of benzene rings is 1. The second kappa shape index (κ2) is 7.79. The summed E-state index contributed by atoms with van der Waals surface area (Å²) in [6.45, 7) is 0.280. The van der Waals surface area contributed by atoms with E-state index in [1.807, 2.05) is 0 Å². The number of likely N-dealkylation sites (N-methyl/N-ethyl adjacent to an activating group) is 1. The molecule has 0 unspecified atom stereocenters. The summed E-state index contributed by atoms with van der Waals surface area (Å²) < 4.78 is 45.6. The number of furan rings is 1. The molecular weight excluding hydrogens is 373 g/mol. The predicted molar refractivity (Wildman–Crippen MR) is 92.3 cm³/mol. The first kappa shape index (κ1) is 19.8. The van der Waals surface area contributed by atoms with Crippen LogP contribution in [0.15, 0.2) is 41.0 Å². The highest BCUT2D eigenvalue weighted by molar-refractivity contribution is 5.93. The molecule has 0 aliphatic rings. The van der Waals surface area contributed by atoms with Crippen LogP contribution in [0.2, 0.25) is 0 Å². The van der Waals surface area contributed by atoms with Crippen LogP contribution < -0.4 is 10.6 Å². The minimum atomic E-state index is -4.46. The molecule has 0 spiro atoms. The normalized spacial score (nSPS) is 11.4. The highest BCUT2D eigenvalue weighted by atomic mass is 35.5. The quantitative estimate of drug-likeness (QED) is 0.703. The number of aromatic nitrogens is 2. The van der Waals surface area contributed by atoms with E-state index >= 15 is 0 Å². The van der Waals surface area contributed by atoms with Gasteiger partial charge in [-0.15, -0.1) is 12.4 Å². The molecule has 2 heterocycles. The summed E-state index contributed by atoms with van der Waals surface area (Å²) in [5, 5.41) is 5.30. The number of rotatable bonds is 5. The molecule has 140 valence electrons. The van der Waals surface area contributed by atoms with E-state index in [2.05, 4.69) is 15.6 Å². The van der Waals surface area contributed by atoms with Gasteiger partial charge in [0, 0.05) is 0 Å². The van der Waals surface area contributed by atoms with Gasteiger partial charge in [0.1, 0.15) is 5.76 Å². The van der Waals surface area contributed by atoms with E-state index in [1.165, 1.54) is 12.3 Å². The Balaban J connectivity index is 0.00000243. The molecule has 0 saturated carbocycles. The van der Waals surface area contributed by atoms with Gasteiger partial charge in [-0.25, -0.2) is 4.98 Å². The standard InChI is InChI=1S/C16H15F3N4O2.ClH/c1-20-8-14(24)22-15-21-12-7-10(16(17,18)19)4-5-13(12)23(15)9-11-3-2-6-25-11;/h2-7,20H,8-9H2,1H3,(H,21,22,24);1H. The lowest BCUT2D eigenvalue weighted by Crippen LogP contribution is -2.26. The van der Waals surface area contributed by atoms with Crippen LogP contribution in [0.1, 0.15) is 11.3 Å². The van der Waals surface area contributed by atoms with Gasteiger partial charge in [-0.3, -0.25) is 10.1 Å². The van der Waals surface area contributed by atoms with Crippen molar-refractivity contribution in [2.45, 2.75) is 12.7 Å². The third kappa shape index (κ3) is 4.17. The van der Waals surface area contributed by atoms with Gasteiger partial charge < -0.3 is 14.3 Å². The number of hydrogen-bond acceptors (Lipinski definition) is 4. The molecule has 26 heavy (non-hydrogen) atoms. The number of alkyl halides is 3. The van der Waals surface area contributed by atoms with E-state index in [0.717, 1.165) is 12.1 Å². The first-order valence-electron chi connectivity index (χ1n) is 7.43. The maximum atomic E-state index is 12.9. The van der Waals surface area contributed by atoms with Crippen molar-refractivity contribution in [3.8, 4) is 0 Å². The highest BCUT2D eigenvalue weighted by Gasteiger charge is 2.31. The van der Waals surface area contributed by atoms with Crippen molar-refractivity contribution < 1.29 is 22.4 Å². The van der Waals surface area contributed by atoms with Crippen molar-refractivity contribution in [2.24, 2.45) is 0 Å². The number of anilines is 1. The van der Waals surface area contributed by atoms with E-state index in [9.17, 15) is 18.0 Å². The third-order valence-electron chi connectivity index (χ3n) is 3.56. The third-order valence-corrected chi connectivity index (χ3v) is 3.56. The molecule has 3 aromatic rings. The number of nitrogens with one attached hydrogen (secondary N) is 2. The topological polar surface area (TPSA) is 72.1 Å². The Morgan fingerprint density at radius 1 is 1.31 bits per heavy atom. The lowest BCUT2D eigenvalue weighted by atomic mass is 10.2. The Hall–Kier alpha value is -2.52. The van der Waals surface area contributed by atoms with Crippen molar-refractivity contribution in [1.29, 1.82) is 0 Å². The molecule has 0 bridgehead atoms. The summed E-state index contributed by atoms with van der Waals surface area (Å²) in [5.41, 5.74) is -0.193. The molecule has 2 aromatic heterocycles. The fourth-order valence-electron chi connectivity index (χ4n) is 2.45. The molecule has 0 atom stereocenters. The zero-order valence-corrected chi connectivity index (χ0v) is 14.4. The van der Waals surface area contributed by atoms with Crippen LogP contribution in [0.25, 0.3) is 11.0 Å². The largest absolute Gasteiger partial charge is 0.467 e. The van der Waals surface area contributed by atoms with E-state index in [-0.39, 0.29) is 42.9 Å². The van der Waals surface area contributed by atoms with Crippen LogP contribution >= 0.6 is 12.4 Å². The SMILES string of the molecule is CNCC(=O)Nc1nc2cc(C(F)(F)F)ccc2n1Cc1ccco1.Cl. The van der Waals surface area contributed by atoms with Crippen molar-refractivity contribution >= 4 is 35.3 Å². The molecular formula is C16H16ClF3N4O2. The summed E-state index contributed by atoms with van der Waals surface area (Å²) in [7, 11) is 1.61. The van der Waals surface area contributed by atoms with Gasteiger partial charge in [0.25, 0.3) is 0 Å².